The summed E-state index contributed by atoms with van der Waals surface area (Å²) in [7, 11) is 1.50. The third-order valence-electron chi connectivity index (χ3n) is 1.23. The van der Waals surface area contributed by atoms with Crippen molar-refractivity contribution in [3.8, 4) is 5.88 Å². The Morgan fingerprint density at radius 3 is 2.42 bits per heavy atom. The topological polar surface area (TPSA) is 22.1 Å². The first kappa shape index (κ1) is 10.9. The van der Waals surface area contributed by atoms with Gasteiger partial charge in [0.25, 0.3) is 0 Å². The van der Waals surface area contributed by atoms with Crippen molar-refractivity contribution in [1.29, 1.82) is 0 Å². The molecule has 1 rings (SSSR count). The number of nitrogens with zero attached hydrogens (tertiary/aromatic N) is 1. The summed E-state index contributed by atoms with van der Waals surface area (Å²) in [4.78, 5) is 3.66. The van der Waals surface area contributed by atoms with Crippen molar-refractivity contribution in [3.05, 3.63) is 23.6 Å². The lowest BCUT2D eigenvalue weighted by atomic mass is 10.3. The maximum absolute atomic E-state index is 12.5. The molecule has 0 aromatic carbocycles. The lowest BCUT2D eigenvalue weighted by molar-refractivity contribution is 0.395. The van der Waals surface area contributed by atoms with Gasteiger partial charge in [0.05, 0.1) is 13.3 Å². The van der Waals surface area contributed by atoms with E-state index in [2.05, 4.69) is 4.98 Å². The van der Waals surface area contributed by atoms with Crippen LogP contribution in [0.5, 0.6) is 5.88 Å². The number of pyridine rings is 1. The van der Waals surface area contributed by atoms with E-state index in [1.54, 1.807) is 13.0 Å². The van der Waals surface area contributed by atoms with Gasteiger partial charge in [0.1, 0.15) is 5.82 Å². The fourth-order valence-electron chi connectivity index (χ4n) is 0.625. The number of hydrogen-bond acceptors (Lipinski definition) is 2. The molecule has 0 aliphatic heterocycles. The summed E-state index contributed by atoms with van der Waals surface area (Å²) in [5, 5.41) is 0. The molecular weight excluding hydrogens is 157 g/mol. The molecule has 0 aliphatic carbocycles. The fourth-order valence-corrected chi connectivity index (χ4v) is 0.625. The Morgan fingerprint density at radius 1 is 1.42 bits per heavy atom. The van der Waals surface area contributed by atoms with Crippen molar-refractivity contribution in [3.63, 3.8) is 0 Å². The molecule has 0 saturated carbocycles. The molecule has 0 atom stereocenters. The second-order valence-electron chi connectivity index (χ2n) is 1.98. The number of methoxy groups -OCH3 is 1. The maximum Gasteiger partial charge on any atom is 0.213 e. The highest BCUT2D eigenvalue weighted by molar-refractivity contribution is 5.20. The zero-order valence-electron chi connectivity index (χ0n) is 7.89. The minimum atomic E-state index is -0.305. The minimum Gasteiger partial charge on any atom is -0.481 e. The second-order valence-corrected chi connectivity index (χ2v) is 1.98. The molecule has 0 unspecified atom stereocenters. The van der Waals surface area contributed by atoms with Gasteiger partial charge < -0.3 is 4.74 Å². The van der Waals surface area contributed by atoms with E-state index in [-0.39, 0.29) is 5.82 Å². The first-order chi connectivity index (χ1) is 5.74. The largest absolute Gasteiger partial charge is 0.481 e. The molecule has 0 bridgehead atoms. The molecule has 0 spiro atoms. The molecule has 1 aromatic heterocycles. The summed E-state index contributed by atoms with van der Waals surface area (Å²) in [6, 6.07) is 1.55. The average Bonchev–Trinajstić information content (AvgIpc) is 2.13. The molecule has 1 heterocycles. The van der Waals surface area contributed by atoms with Gasteiger partial charge in [-0.15, -0.1) is 0 Å². The van der Waals surface area contributed by atoms with Crippen LogP contribution in [-0.4, -0.2) is 12.1 Å². The van der Waals surface area contributed by atoms with Gasteiger partial charge in [-0.05, 0) is 12.5 Å². The Hall–Kier alpha value is -1.12. The summed E-state index contributed by atoms with van der Waals surface area (Å²) in [6.45, 7) is 5.67. The number of hydrogen-bond donors (Lipinski definition) is 0. The lowest BCUT2D eigenvalue weighted by Crippen LogP contribution is -1.90. The molecule has 3 heteroatoms. The Labute approximate surface area is 72.4 Å². The Morgan fingerprint density at radius 2 is 2.00 bits per heavy atom. The monoisotopic (exact) mass is 171 g/mol. The lowest BCUT2D eigenvalue weighted by Gasteiger charge is -1.98. The van der Waals surface area contributed by atoms with Crippen LogP contribution in [0.25, 0.3) is 0 Å². The number of ether oxygens (including phenoxy) is 1. The molecule has 0 aliphatic rings. The summed E-state index contributed by atoms with van der Waals surface area (Å²) >= 11 is 0. The normalized spacial score (nSPS) is 8.42. The zero-order chi connectivity index (χ0) is 9.56. The third kappa shape index (κ3) is 2.86. The first-order valence-corrected chi connectivity index (χ1v) is 3.90. The van der Waals surface area contributed by atoms with Crippen LogP contribution < -0.4 is 4.74 Å². The van der Waals surface area contributed by atoms with E-state index >= 15 is 0 Å². The van der Waals surface area contributed by atoms with Crippen LogP contribution >= 0.6 is 0 Å². The highest BCUT2D eigenvalue weighted by atomic mass is 19.1. The molecule has 1 aromatic rings. The molecule has 0 N–H and O–H groups in total. The fraction of sp³-hybridized carbons (Fsp3) is 0.444. The van der Waals surface area contributed by atoms with Crippen molar-refractivity contribution in [1.82, 2.24) is 4.98 Å². The van der Waals surface area contributed by atoms with Crippen molar-refractivity contribution in [2.45, 2.75) is 20.8 Å². The van der Waals surface area contributed by atoms with Gasteiger partial charge in [-0.2, -0.15) is 0 Å². The quantitative estimate of drug-likeness (QED) is 0.647. The molecule has 0 amide bonds. The van der Waals surface area contributed by atoms with E-state index in [0.717, 1.165) is 6.20 Å². The Kier molecular flexibility index (Phi) is 5.00. The summed E-state index contributed by atoms with van der Waals surface area (Å²) < 4.78 is 17.3. The van der Waals surface area contributed by atoms with E-state index in [1.807, 2.05) is 13.8 Å². The van der Waals surface area contributed by atoms with Crippen molar-refractivity contribution in [2.24, 2.45) is 0 Å². The van der Waals surface area contributed by atoms with Gasteiger partial charge in [-0.3, -0.25) is 0 Å². The van der Waals surface area contributed by atoms with E-state index < -0.39 is 0 Å². The molecular formula is C9H14FNO. The SMILES string of the molecule is CC.COc1cc(C)c(F)cn1. The minimum absolute atomic E-state index is 0.305. The van der Waals surface area contributed by atoms with Gasteiger partial charge >= 0.3 is 0 Å². The molecule has 0 fully saturated rings. The zero-order valence-corrected chi connectivity index (χ0v) is 7.89. The van der Waals surface area contributed by atoms with Gasteiger partial charge in [-0.1, -0.05) is 13.8 Å². The number of rotatable bonds is 1. The molecule has 0 radical (unpaired) electrons. The van der Waals surface area contributed by atoms with Crippen LogP contribution in [0.2, 0.25) is 0 Å². The third-order valence-corrected chi connectivity index (χ3v) is 1.23. The predicted octanol–water partition coefficient (Wildman–Crippen LogP) is 2.56. The standard InChI is InChI=1S/C7H8FNO.C2H6/c1-5-3-7(10-2)9-4-6(5)8;1-2/h3-4H,1-2H3;1-2H3. The molecule has 0 saturated heterocycles. The molecule has 68 valence electrons. The van der Waals surface area contributed by atoms with Crippen molar-refractivity contribution in [2.75, 3.05) is 7.11 Å². The van der Waals surface area contributed by atoms with Crippen molar-refractivity contribution < 1.29 is 9.13 Å². The molecule has 12 heavy (non-hydrogen) atoms. The van der Waals surface area contributed by atoms with E-state index in [0.29, 0.717) is 11.4 Å². The van der Waals surface area contributed by atoms with Crippen LogP contribution in [-0.2, 0) is 0 Å². The van der Waals surface area contributed by atoms with Crippen LogP contribution in [0.4, 0.5) is 4.39 Å². The summed E-state index contributed by atoms with van der Waals surface area (Å²) in [5.41, 5.74) is 0.548. The smallest absolute Gasteiger partial charge is 0.213 e. The first-order valence-electron chi connectivity index (χ1n) is 3.90. The number of aryl methyl sites for hydroxylation is 1. The average molecular weight is 171 g/mol. The highest BCUT2D eigenvalue weighted by Gasteiger charge is 1.98. The number of halogens is 1. The van der Waals surface area contributed by atoms with Crippen LogP contribution in [0.3, 0.4) is 0 Å². The Balaban J connectivity index is 0.000000561. The predicted molar refractivity (Wildman–Crippen MR) is 46.8 cm³/mol. The number of aromatic nitrogens is 1. The van der Waals surface area contributed by atoms with Gasteiger partial charge in [0.2, 0.25) is 5.88 Å². The van der Waals surface area contributed by atoms with E-state index in [4.69, 9.17) is 4.74 Å². The van der Waals surface area contributed by atoms with Gasteiger partial charge in [0, 0.05) is 6.07 Å². The van der Waals surface area contributed by atoms with Crippen molar-refractivity contribution >= 4 is 0 Å². The summed E-state index contributed by atoms with van der Waals surface area (Å²) in [5.74, 6) is 0.139. The van der Waals surface area contributed by atoms with E-state index in [1.165, 1.54) is 7.11 Å². The Bertz CT molecular complexity index is 238. The van der Waals surface area contributed by atoms with Crippen LogP contribution in [0, 0.1) is 12.7 Å². The van der Waals surface area contributed by atoms with Gasteiger partial charge in [-0.25, -0.2) is 9.37 Å². The highest BCUT2D eigenvalue weighted by Crippen LogP contribution is 2.10. The second kappa shape index (κ2) is 5.52. The van der Waals surface area contributed by atoms with E-state index in [9.17, 15) is 4.39 Å². The molecule has 2 nitrogen and oxygen atoms in total. The van der Waals surface area contributed by atoms with Crippen LogP contribution in [0.15, 0.2) is 12.3 Å². The summed E-state index contributed by atoms with van der Waals surface area (Å²) in [6.07, 6.45) is 1.15. The maximum atomic E-state index is 12.5. The van der Waals surface area contributed by atoms with Crippen LogP contribution in [0.1, 0.15) is 19.4 Å². The van der Waals surface area contributed by atoms with Gasteiger partial charge in [0.15, 0.2) is 0 Å².